The molecule has 1 aromatic heterocycles. The van der Waals surface area contributed by atoms with Gasteiger partial charge in [0.15, 0.2) is 11.5 Å². The van der Waals surface area contributed by atoms with E-state index >= 15 is 0 Å². The second kappa shape index (κ2) is 9.72. The van der Waals surface area contributed by atoms with E-state index in [-0.39, 0.29) is 5.82 Å². The van der Waals surface area contributed by atoms with Crippen LogP contribution in [0.15, 0.2) is 12.1 Å². The number of fused-ring (bicyclic) bond motifs is 1. The van der Waals surface area contributed by atoms with Crippen LogP contribution in [0.3, 0.4) is 0 Å². The quantitative estimate of drug-likeness (QED) is 0.678. The van der Waals surface area contributed by atoms with Gasteiger partial charge in [0.25, 0.3) is 0 Å². The van der Waals surface area contributed by atoms with Gasteiger partial charge in [-0.25, -0.2) is 9.97 Å². The topological polar surface area (TPSA) is 92.5 Å². The molecule has 2 aromatic rings. The number of hydrogen-bond donors (Lipinski definition) is 1. The van der Waals surface area contributed by atoms with Gasteiger partial charge in [0.05, 0.1) is 19.2 Å². The smallest absolute Gasteiger partial charge is 0.234 e. The van der Waals surface area contributed by atoms with Crippen molar-refractivity contribution in [1.29, 1.82) is 5.26 Å². The molecule has 1 aromatic carbocycles. The van der Waals surface area contributed by atoms with Crippen LogP contribution in [-0.2, 0) is 4.74 Å². The van der Waals surface area contributed by atoms with Crippen LogP contribution < -0.4 is 14.8 Å². The Morgan fingerprint density at radius 1 is 1.17 bits per heavy atom. The molecular formula is C21H29N5O3. The highest BCUT2D eigenvalue weighted by molar-refractivity contribution is 5.92. The first-order chi connectivity index (χ1) is 14.0. The van der Waals surface area contributed by atoms with Gasteiger partial charge in [0.1, 0.15) is 18.5 Å². The molecule has 1 aliphatic rings. The Labute approximate surface area is 171 Å². The van der Waals surface area contributed by atoms with Crippen LogP contribution in [0.2, 0.25) is 0 Å². The van der Waals surface area contributed by atoms with E-state index in [4.69, 9.17) is 14.2 Å². The molecule has 1 fully saturated rings. The summed E-state index contributed by atoms with van der Waals surface area (Å²) in [6.07, 6.45) is 2.06. The summed E-state index contributed by atoms with van der Waals surface area (Å²) in [5.74, 6) is 1.96. The third-order valence-electron chi connectivity index (χ3n) is 5.23. The summed E-state index contributed by atoms with van der Waals surface area (Å²) in [7, 11) is 3.22. The fraction of sp³-hybridized carbons (Fsp3) is 0.571. The van der Waals surface area contributed by atoms with Crippen molar-refractivity contribution in [2.45, 2.75) is 38.8 Å². The van der Waals surface area contributed by atoms with Crippen LogP contribution in [0, 0.1) is 11.3 Å². The monoisotopic (exact) mass is 399 g/mol. The number of piperidine rings is 1. The van der Waals surface area contributed by atoms with E-state index < -0.39 is 0 Å². The van der Waals surface area contributed by atoms with Crippen LogP contribution in [0.5, 0.6) is 11.5 Å². The summed E-state index contributed by atoms with van der Waals surface area (Å²) >= 11 is 0. The van der Waals surface area contributed by atoms with E-state index in [0.29, 0.717) is 48.1 Å². The maximum atomic E-state index is 9.38. The minimum Gasteiger partial charge on any atom is -0.493 e. The van der Waals surface area contributed by atoms with Crippen LogP contribution in [0.1, 0.15) is 32.5 Å². The number of methoxy groups -OCH3 is 2. The molecule has 0 spiro atoms. The first-order valence-electron chi connectivity index (χ1n) is 9.98. The lowest BCUT2D eigenvalue weighted by Crippen LogP contribution is -2.42. The molecule has 29 heavy (non-hydrogen) atoms. The Kier molecular flexibility index (Phi) is 7.07. The zero-order chi connectivity index (χ0) is 20.8. The first-order valence-corrected chi connectivity index (χ1v) is 9.98. The number of nitrogens with one attached hydrogen (secondary N) is 1. The lowest BCUT2D eigenvalue weighted by Gasteiger charge is -2.35. The van der Waals surface area contributed by atoms with Crippen LogP contribution in [-0.4, -0.2) is 67.5 Å². The van der Waals surface area contributed by atoms with Crippen LogP contribution >= 0.6 is 0 Å². The Morgan fingerprint density at radius 3 is 2.55 bits per heavy atom. The number of rotatable bonds is 8. The average molecular weight is 399 g/mol. The third-order valence-corrected chi connectivity index (χ3v) is 5.23. The molecule has 8 heteroatoms. The number of aromatic nitrogens is 2. The number of anilines is 1. The average Bonchev–Trinajstić information content (AvgIpc) is 2.73. The summed E-state index contributed by atoms with van der Waals surface area (Å²) in [5.41, 5.74) is 0.645. The summed E-state index contributed by atoms with van der Waals surface area (Å²) in [6.45, 7) is 7.41. The largest absolute Gasteiger partial charge is 0.493 e. The predicted octanol–water partition coefficient (Wildman–Crippen LogP) is 2.82. The SMILES string of the molecule is COCCOc1cc2nc(C#N)nc(NC3CCN(C(C)C)CC3)c2cc1OC. The fourth-order valence-electron chi connectivity index (χ4n) is 3.56. The molecule has 0 saturated carbocycles. The summed E-state index contributed by atoms with van der Waals surface area (Å²) in [4.78, 5) is 11.3. The van der Waals surface area contributed by atoms with Gasteiger partial charge in [-0.2, -0.15) is 5.26 Å². The van der Waals surface area contributed by atoms with E-state index in [1.165, 1.54) is 0 Å². The number of hydrogen-bond acceptors (Lipinski definition) is 8. The predicted molar refractivity (Wildman–Crippen MR) is 112 cm³/mol. The normalized spacial score (nSPS) is 15.4. The molecule has 0 bridgehead atoms. The van der Waals surface area contributed by atoms with Crippen LogP contribution in [0.4, 0.5) is 5.82 Å². The van der Waals surface area contributed by atoms with E-state index in [1.54, 1.807) is 20.3 Å². The highest BCUT2D eigenvalue weighted by Gasteiger charge is 2.22. The first kappa shape index (κ1) is 21.1. The van der Waals surface area contributed by atoms with Gasteiger partial charge in [-0.05, 0) is 32.8 Å². The highest BCUT2D eigenvalue weighted by Crippen LogP contribution is 2.35. The van der Waals surface area contributed by atoms with Gasteiger partial charge in [0.2, 0.25) is 5.82 Å². The Balaban J connectivity index is 1.89. The van der Waals surface area contributed by atoms with E-state index in [9.17, 15) is 5.26 Å². The molecule has 1 N–H and O–H groups in total. The molecule has 0 radical (unpaired) electrons. The Morgan fingerprint density at radius 2 is 1.93 bits per heavy atom. The van der Waals surface area contributed by atoms with Gasteiger partial charge in [0, 0.05) is 43.7 Å². The summed E-state index contributed by atoms with van der Waals surface area (Å²) in [5, 5.41) is 13.7. The minimum absolute atomic E-state index is 0.132. The van der Waals surface area contributed by atoms with Gasteiger partial charge in [-0.3, -0.25) is 0 Å². The molecule has 156 valence electrons. The standard InChI is InChI=1S/C21H29N5O3/c1-14(2)26-7-5-15(6-8-26)23-21-16-11-18(28-4)19(29-10-9-27-3)12-17(16)24-20(13-22)25-21/h11-12,14-15H,5-10H2,1-4H3,(H,23,24,25). The number of benzene rings is 1. The molecule has 8 nitrogen and oxygen atoms in total. The summed E-state index contributed by atoms with van der Waals surface area (Å²) in [6, 6.07) is 6.57. The zero-order valence-electron chi connectivity index (χ0n) is 17.6. The number of likely N-dealkylation sites (tertiary alicyclic amines) is 1. The second-order valence-electron chi connectivity index (χ2n) is 7.42. The Bertz CT molecular complexity index is 873. The van der Waals surface area contributed by atoms with Crippen molar-refractivity contribution in [3.63, 3.8) is 0 Å². The Hall–Kier alpha value is -2.63. The molecular weight excluding hydrogens is 370 g/mol. The molecule has 0 atom stereocenters. The lowest BCUT2D eigenvalue weighted by atomic mass is 10.0. The van der Waals surface area contributed by atoms with Crippen molar-refractivity contribution in [3.8, 4) is 17.6 Å². The van der Waals surface area contributed by atoms with Crippen molar-refractivity contribution in [2.24, 2.45) is 0 Å². The molecule has 2 heterocycles. The summed E-state index contributed by atoms with van der Waals surface area (Å²) < 4.78 is 16.3. The van der Waals surface area contributed by atoms with Gasteiger partial charge in [-0.1, -0.05) is 0 Å². The number of nitrogens with zero attached hydrogens (tertiary/aromatic N) is 4. The van der Waals surface area contributed by atoms with Crippen molar-refractivity contribution in [1.82, 2.24) is 14.9 Å². The number of nitriles is 1. The van der Waals surface area contributed by atoms with Gasteiger partial charge < -0.3 is 24.4 Å². The molecule has 0 amide bonds. The number of ether oxygens (including phenoxy) is 3. The third kappa shape index (κ3) is 5.05. The van der Waals surface area contributed by atoms with Crippen LogP contribution in [0.25, 0.3) is 10.9 Å². The molecule has 3 rings (SSSR count). The second-order valence-corrected chi connectivity index (χ2v) is 7.42. The van der Waals surface area contributed by atoms with Gasteiger partial charge in [-0.15, -0.1) is 0 Å². The molecule has 0 aliphatic carbocycles. The van der Waals surface area contributed by atoms with Crippen molar-refractivity contribution < 1.29 is 14.2 Å². The van der Waals surface area contributed by atoms with Crippen molar-refractivity contribution in [3.05, 3.63) is 18.0 Å². The molecule has 0 unspecified atom stereocenters. The van der Waals surface area contributed by atoms with E-state index in [0.717, 1.165) is 31.3 Å². The fourth-order valence-corrected chi connectivity index (χ4v) is 3.56. The lowest BCUT2D eigenvalue weighted by molar-refractivity contribution is 0.144. The molecule has 1 aliphatic heterocycles. The van der Waals surface area contributed by atoms with E-state index in [2.05, 4.69) is 40.1 Å². The van der Waals surface area contributed by atoms with Crippen molar-refractivity contribution >= 4 is 16.7 Å². The van der Waals surface area contributed by atoms with Crippen molar-refractivity contribution in [2.75, 3.05) is 45.8 Å². The maximum absolute atomic E-state index is 9.38. The van der Waals surface area contributed by atoms with E-state index in [1.807, 2.05) is 6.07 Å². The van der Waals surface area contributed by atoms with Gasteiger partial charge >= 0.3 is 0 Å². The minimum atomic E-state index is 0.132. The molecule has 1 saturated heterocycles. The highest BCUT2D eigenvalue weighted by atomic mass is 16.5. The maximum Gasteiger partial charge on any atom is 0.234 e. The zero-order valence-corrected chi connectivity index (χ0v) is 17.6.